The van der Waals surface area contributed by atoms with Crippen molar-refractivity contribution < 1.29 is 4.74 Å². The first kappa shape index (κ1) is 11.5. The number of nitrogens with two attached hydrogens (primary N) is 1. The molecule has 0 radical (unpaired) electrons. The maximum atomic E-state index is 5.67. The molecular formula is C13H17N3O. The highest BCUT2D eigenvalue weighted by Crippen LogP contribution is 2.14. The summed E-state index contributed by atoms with van der Waals surface area (Å²) in [7, 11) is 0. The minimum absolute atomic E-state index is 0.385. The molecule has 17 heavy (non-hydrogen) atoms. The maximum absolute atomic E-state index is 5.67. The Hall–Kier alpha value is -1.97. The molecule has 4 nitrogen and oxygen atoms in total. The molecule has 2 aromatic rings. The number of nitrogen functional groups attached to an aromatic ring is 1. The SMILES string of the molecule is CCc1cccc(OCn2nc(N)cc2C)c1. The van der Waals surface area contributed by atoms with Crippen LogP contribution in [0.5, 0.6) is 5.75 Å². The predicted octanol–water partition coefficient (Wildman–Crippen LogP) is 2.37. The summed E-state index contributed by atoms with van der Waals surface area (Å²) in [6, 6.07) is 9.90. The average Bonchev–Trinajstić information content (AvgIpc) is 2.65. The zero-order valence-corrected chi connectivity index (χ0v) is 10.2. The number of rotatable bonds is 4. The number of nitrogens with zero attached hydrogens (tertiary/aromatic N) is 2. The molecule has 0 atom stereocenters. The van der Waals surface area contributed by atoms with Crippen molar-refractivity contribution in [3.8, 4) is 5.75 Å². The van der Waals surface area contributed by atoms with Crippen LogP contribution in [-0.2, 0) is 13.2 Å². The molecular weight excluding hydrogens is 214 g/mol. The molecule has 0 spiro atoms. The molecule has 0 amide bonds. The molecule has 4 heteroatoms. The lowest BCUT2D eigenvalue weighted by Crippen LogP contribution is -2.08. The van der Waals surface area contributed by atoms with E-state index in [2.05, 4.69) is 18.1 Å². The van der Waals surface area contributed by atoms with Crippen LogP contribution in [0.1, 0.15) is 18.2 Å². The summed E-state index contributed by atoms with van der Waals surface area (Å²) in [5, 5.41) is 4.14. The van der Waals surface area contributed by atoms with Gasteiger partial charge in [-0.1, -0.05) is 19.1 Å². The fourth-order valence-electron chi connectivity index (χ4n) is 1.66. The van der Waals surface area contributed by atoms with Crippen LogP contribution in [0.3, 0.4) is 0 Å². The average molecular weight is 231 g/mol. The van der Waals surface area contributed by atoms with Gasteiger partial charge in [0.2, 0.25) is 0 Å². The van der Waals surface area contributed by atoms with Crippen LogP contribution in [0.25, 0.3) is 0 Å². The number of ether oxygens (including phenoxy) is 1. The fourth-order valence-corrected chi connectivity index (χ4v) is 1.66. The van der Waals surface area contributed by atoms with Crippen molar-refractivity contribution >= 4 is 5.82 Å². The van der Waals surface area contributed by atoms with Gasteiger partial charge in [0.25, 0.3) is 0 Å². The van der Waals surface area contributed by atoms with E-state index in [0.29, 0.717) is 12.5 Å². The second-order valence-corrected chi connectivity index (χ2v) is 3.98. The largest absolute Gasteiger partial charge is 0.471 e. The lowest BCUT2D eigenvalue weighted by molar-refractivity contribution is 0.218. The third-order valence-corrected chi connectivity index (χ3v) is 2.66. The number of aromatic nitrogens is 2. The van der Waals surface area contributed by atoms with E-state index in [1.165, 1.54) is 5.56 Å². The van der Waals surface area contributed by atoms with Gasteiger partial charge in [0.15, 0.2) is 6.73 Å². The van der Waals surface area contributed by atoms with Crippen molar-refractivity contribution in [1.29, 1.82) is 0 Å². The third-order valence-electron chi connectivity index (χ3n) is 2.66. The lowest BCUT2D eigenvalue weighted by Gasteiger charge is -2.08. The summed E-state index contributed by atoms with van der Waals surface area (Å²) < 4.78 is 7.42. The molecule has 1 aromatic heterocycles. The zero-order valence-electron chi connectivity index (χ0n) is 10.2. The molecule has 90 valence electrons. The standard InChI is InChI=1S/C13H17N3O/c1-3-11-5-4-6-12(8-11)17-9-16-10(2)7-13(14)15-16/h4-8H,3,9H2,1-2H3,(H2,14,15). The van der Waals surface area contributed by atoms with Gasteiger partial charge in [-0.3, -0.25) is 0 Å². The molecule has 1 heterocycles. The summed E-state index contributed by atoms with van der Waals surface area (Å²) in [6.45, 7) is 4.46. The molecule has 2 rings (SSSR count). The van der Waals surface area contributed by atoms with E-state index in [9.17, 15) is 0 Å². The van der Waals surface area contributed by atoms with E-state index in [1.54, 1.807) is 4.68 Å². The third kappa shape index (κ3) is 2.78. The Morgan fingerprint density at radius 2 is 2.18 bits per heavy atom. The van der Waals surface area contributed by atoms with Gasteiger partial charge in [-0.05, 0) is 31.0 Å². The van der Waals surface area contributed by atoms with E-state index in [4.69, 9.17) is 10.5 Å². The van der Waals surface area contributed by atoms with Gasteiger partial charge >= 0.3 is 0 Å². The Balaban J connectivity index is 2.04. The molecule has 0 bridgehead atoms. The van der Waals surface area contributed by atoms with Crippen molar-refractivity contribution in [3.05, 3.63) is 41.6 Å². The van der Waals surface area contributed by atoms with Gasteiger partial charge in [-0.15, -0.1) is 0 Å². The highest BCUT2D eigenvalue weighted by molar-refractivity contribution is 5.29. The maximum Gasteiger partial charge on any atom is 0.181 e. The molecule has 0 saturated heterocycles. The summed E-state index contributed by atoms with van der Waals surface area (Å²) in [5.41, 5.74) is 7.86. The van der Waals surface area contributed by atoms with Crippen LogP contribution in [-0.4, -0.2) is 9.78 Å². The number of hydrogen-bond donors (Lipinski definition) is 1. The van der Waals surface area contributed by atoms with Crippen LogP contribution in [0.15, 0.2) is 30.3 Å². The Bertz CT molecular complexity index is 505. The van der Waals surface area contributed by atoms with Crippen LogP contribution in [0, 0.1) is 6.92 Å². The molecule has 0 fully saturated rings. The molecule has 0 saturated carbocycles. The summed E-state index contributed by atoms with van der Waals surface area (Å²) in [4.78, 5) is 0. The van der Waals surface area contributed by atoms with E-state index < -0.39 is 0 Å². The van der Waals surface area contributed by atoms with Crippen molar-refractivity contribution in [2.75, 3.05) is 5.73 Å². The molecule has 0 aliphatic heterocycles. The minimum Gasteiger partial charge on any atom is -0.471 e. The summed E-state index contributed by atoms with van der Waals surface area (Å²) in [5.74, 6) is 1.38. The van der Waals surface area contributed by atoms with Crippen LogP contribution < -0.4 is 10.5 Å². The molecule has 0 unspecified atom stereocenters. The van der Waals surface area contributed by atoms with Crippen LogP contribution >= 0.6 is 0 Å². The highest BCUT2D eigenvalue weighted by Gasteiger charge is 2.02. The zero-order chi connectivity index (χ0) is 12.3. The number of aryl methyl sites for hydroxylation is 2. The Morgan fingerprint density at radius 1 is 1.35 bits per heavy atom. The van der Waals surface area contributed by atoms with Gasteiger partial charge in [0, 0.05) is 11.8 Å². The van der Waals surface area contributed by atoms with Crippen molar-refractivity contribution in [1.82, 2.24) is 9.78 Å². The van der Waals surface area contributed by atoms with Gasteiger partial charge < -0.3 is 10.5 Å². The van der Waals surface area contributed by atoms with Crippen LogP contribution in [0.2, 0.25) is 0 Å². The molecule has 2 N–H and O–H groups in total. The lowest BCUT2D eigenvalue weighted by atomic mass is 10.2. The van der Waals surface area contributed by atoms with Crippen molar-refractivity contribution in [2.24, 2.45) is 0 Å². The van der Waals surface area contributed by atoms with E-state index in [1.807, 2.05) is 31.2 Å². The molecule has 0 aliphatic carbocycles. The van der Waals surface area contributed by atoms with E-state index in [-0.39, 0.29) is 0 Å². The Kier molecular flexibility index (Phi) is 3.32. The quantitative estimate of drug-likeness (QED) is 0.878. The van der Waals surface area contributed by atoms with Gasteiger partial charge in [-0.2, -0.15) is 5.10 Å². The number of anilines is 1. The van der Waals surface area contributed by atoms with Crippen molar-refractivity contribution in [2.45, 2.75) is 27.0 Å². The Labute approximate surface area is 101 Å². The first-order valence-electron chi connectivity index (χ1n) is 5.70. The number of benzene rings is 1. The summed E-state index contributed by atoms with van der Waals surface area (Å²) in [6.07, 6.45) is 1.00. The summed E-state index contributed by atoms with van der Waals surface area (Å²) >= 11 is 0. The van der Waals surface area contributed by atoms with E-state index in [0.717, 1.165) is 17.9 Å². The molecule has 0 aliphatic rings. The first-order chi connectivity index (χ1) is 8.19. The van der Waals surface area contributed by atoms with Gasteiger partial charge in [0.05, 0.1) is 0 Å². The first-order valence-corrected chi connectivity index (χ1v) is 5.70. The monoisotopic (exact) mass is 231 g/mol. The second-order valence-electron chi connectivity index (χ2n) is 3.98. The fraction of sp³-hybridized carbons (Fsp3) is 0.308. The minimum atomic E-state index is 0.385. The normalized spacial score (nSPS) is 10.5. The highest BCUT2D eigenvalue weighted by atomic mass is 16.5. The smallest absolute Gasteiger partial charge is 0.181 e. The van der Waals surface area contributed by atoms with Gasteiger partial charge in [0.1, 0.15) is 11.6 Å². The number of hydrogen-bond acceptors (Lipinski definition) is 3. The topological polar surface area (TPSA) is 53.1 Å². The predicted molar refractivity (Wildman–Crippen MR) is 67.8 cm³/mol. The van der Waals surface area contributed by atoms with Crippen molar-refractivity contribution in [3.63, 3.8) is 0 Å². The molecule has 1 aromatic carbocycles. The van der Waals surface area contributed by atoms with E-state index >= 15 is 0 Å². The second kappa shape index (κ2) is 4.91. The van der Waals surface area contributed by atoms with Crippen LogP contribution in [0.4, 0.5) is 5.82 Å². The van der Waals surface area contributed by atoms with Gasteiger partial charge in [-0.25, -0.2) is 4.68 Å². The Morgan fingerprint density at radius 3 is 2.82 bits per heavy atom.